The average Bonchev–Trinajstić information content (AvgIpc) is 1.85. The van der Waals surface area contributed by atoms with Gasteiger partial charge >= 0.3 is 0 Å². The van der Waals surface area contributed by atoms with Crippen LogP contribution in [0.5, 0.6) is 0 Å². The van der Waals surface area contributed by atoms with Crippen LogP contribution < -0.4 is 0 Å². The van der Waals surface area contributed by atoms with Crippen molar-refractivity contribution in [1.29, 1.82) is 0 Å². The van der Waals surface area contributed by atoms with Crippen LogP contribution in [0.2, 0.25) is 5.02 Å². The highest BCUT2D eigenvalue weighted by Crippen LogP contribution is 2.14. The Bertz CT molecular complexity index is 212. The van der Waals surface area contributed by atoms with Crippen LogP contribution in [0.3, 0.4) is 0 Å². The molecular formula is C8H8ClF. The van der Waals surface area contributed by atoms with Crippen LogP contribution in [-0.4, -0.2) is 0 Å². The largest absolute Gasteiger partial charge is 0.246 e. The topological polar surface area (TPSA) is 0 Å². The second kappa shape index (κ2) is 3.02. The Balaban J connectivity index is 3.06. The van der Waals surface area contributed by atoms with Gasteiger partial charge in [0.1, 0.15) is 6.67 Å². The fourth-order valence-corrected chi connectivity index (χ4v) is 1.20. The van der Waals surface area contributed by atoms with E-state index in [1.165, 1.54) is 0 Å². The third kappa shape index (κ3) is 1.71. The van der Waals surface area contributed by atoms with E-state index in [1.54, 1.807) is 18.2 Å². The lowest BCUT2D eigenvalue weighted by atomic mass is 10.2. The van der Waals surface area contributed by atoms with Crippen LogP contribution in [0.1, 0.15) is 11.1 Å². The molecule has 0 aliphatic rings. The molecule has 0 bridgehead atoms. The molecule has 0 fully saturated rings. The Kier molecular flexibility index (Phi) is 2.28. The molecule has 1 aromatic rings. The number of alkyl halides is 1. The predicted octanol–water partition coefficient (Wildman–Crippen LogP) is 3.12. The van der Waals surface area contributed by atoms with Crippen molar-refractivity contribution >= 4 is 11.6 Å². The highest BCUT2D eigenvalue weighted by molar-refractivity contribution is 6.30. The molecule has 0 aliphatic carbocycles. The summed E-state index contributed by atoms with van der Waals surface area (Å²) >= 11 is 5.66. The minimum atomic E-state index is -0.443. The molecule has 2 heteroatoms. The number of hydrogen-bond acceptors (Lipinski definition) is 0. The van der Waals surface area contributed by atoms with Gasteiger partial charge in [0.25, 0.3) is 0 Å². The Morgan fingerprint density at radius 3 is 2.60 bits per heavy atom. The molecular weight excluding hydrogens is 151 g/mol. The van der Waals surface area contributed by atoms with Crippen molar-refractivity contribution in [2.75, 3.05) is 0 Å². The van der Waals surface area contributed by atoms with Crippen molar-refractivity contribution in [2.45, 2.75) is 13.6 Å². The predicted molar refractivity (Wildman–Crippen MR) is 41.0 cm³/mol. The molecule has 0 spiro atoms. The molecule has 0 unspecified atom stereocenters. The lowest BCUT2D eigenvalue weighted by molar-refractivity contribution is 0.485. The van der Waals surface area contributed by atoms with Crippen LogP contribution in [0.25, 0.3) is 0 Å². The molecule has 0 amide bonds. The van der Waals surface area contributed by atoms with Gasteiger partial charge in [-0.25, -0.2) is 4.39 Å². The number of aryl methyl sites for hydroxylation is 1. The molecule has 10 heavy (non-hydrogen) atoms. The monoisotopic (exact) mass is 158 g/mol. The van der Waals surface area contributed by atoms with Crippen LogP contribution in [0, 0.1) is 6.92 Å². The summed E-state index contributed by atoms with van der Waals surface area (Å²) in [5, 5.41) is 0.604. The summed E-state index contributed by atoms with van der Waals surface area (Å²) in [5.41, 5.74) is 1.64. The third-order valence-corrected chi connectivity index (χ3v) is 1.47. The van der Waals surface area contributed by atoms with Crippen molar-refractivity contribution in [3.8, 4) is 0 Å². The van der Waals surface area contributed by atoms with E-state index < -0.39 is 6.67 Å². The summed E-state index contributed by atoms with van der Waals surface area (Å²) in [5.74, 6) is 0. The van der Waals surface area contributed by atoms with E-state index in [2.05, 4.69) is 0 Å². The van der Waals surface area contributed by atoms with Crippen LogP contribution in [0.15, 0.2) is 18.2 Å². The summed E-state index contributed by atoms with van der Waals surface area (Å²) in [6.07, 6.45) is 0. The third-order valence-electron chi connectivity index (χ3n) is 1.26. The molecule has 0 radical (unpaired) electrons. The lowest BCUT2D eigenvalue weighted by Crippen LogP contribution is -1.80. The first-order valence-electron chi connectivity index (χ1n) is 3.04. The number of rotatable bonds is 1. The molecule has 0 atom stereocenters. The second-order valence-corrected chi connectivity index (χ2v) is 2.71. The minimum absolute atomic E-state index is 0.443. The van der Waals surface area contributed by atoms with Gasteiger partial charge < -0.3 is 0 Å². The zero-order valence-electron chi connectivity index (χ0n) is 5.70. The highest BCUT2D eigenvalue weighted by Gasteiger charge is 1.94. The lowest BCUT2D eigenvalue weighted by Gasteiger charge is -1.97. The van der Waals surface area contributed by atoms with Gasteiger partial charge in [-0.1, -0.05) is 17.7 Å². The first-order chi connectivity index (χ1) is 4.72. The van der Waals surface area contributed by atoms with Gasteiger partial charge in [0.2, 0.25) is 0 Å². The van der Waals surface area contributed by atoms with E-state index >= 15 is 0 Å². The van der Waals surface area contributed by atoms with E-state index in [1.807, 2.05) is 6.92 Å². The van der Waals surface area contributed by atoms with E-state index in [0.717, 1.165) is 5.56 Å². The van der Waals surface area contributed by atoms with Crippen LogP contribution in [-0.2, 0) is 6.67 Å². The Labute approximate surface area is 64.6 Å². The molecule has 54 valence electrons. The molecule has 0 aliphatic heterocycles. The number of benzene rings is 1. The van der Waals surface area contributed by atoms with Crippen LogP contribution >= 0.6 is 11.6 Å². The molecule has 0 nitrogen and oxygen atoms in total. The second-order valence-electron chi connectivity index (χ2n) is 2.27. The normalized spacial score (nSPS) is 9.90. The summed E-state index contributed by atoms with van der Waals surface area (Å²) in [4.78, 5) is 0. The first kappa shape index (κ1) is 7.55. The number of halogens is 2. The SMILES string of the molecule is Cc1cc(Cl)cc(CF)c1. The molecule has 0 N–H and O–H groups in total. The molecule has 0 heterocycles. The van der Waals surface area contributed by atoms with Gasteiger partial charge in [-0.3, -0.25) is 0 Å². The zero-order chi connectivity index (χ0) is 7.56. The smallest absolute Gasteiger partial charge is 0.115 e. The Morgan fingerprint density at radius 2 is 2.10 bits per heavy atom. The molecule has 0 aromatic heterocycles. The highest BCUT2D eigenvalue weighted by atomic mass is 35.5. The van der Waals surface area contributed by atoms with Gasteiger partial charge in [-0.05, 0) is 30.2 Å². The maximum absolute atomic E-state index is 12.0. The maximum Gasteiger partial charge on any atom is 0.115 e. The molecule has 1 aromatic carbocycles. The van der Waals surface area contributed by atoms with Crippen molar-refractivity contribution in [3.63, 3.8) is 0 Å². The summed E-state index contributed by atoms with van der Waals surface area (Å²) in [7, 11) is 0. The van der Waals surface area contributed by atoms with E-state index in [9.17, 15) is 4.39 Å². The first-order valence-corrected chi connectivity index (χ1v) is 3.42. The molecule has 0 saturated carbocycles. The van der Waals surface area contributed by atoms with E-state index in [0.29, 0.717) is 10.6 Å². The standard InChI is InChI=1S/C8H8ClF/c1-6-2-7(5-10)4-8(9)3-6/h2-4H,5H2,1H3. The van der Waals surface area contributed by atoms with Gasteiger partial charge in [-0.15, -0.1) is 0 Å². The van der Waals surface area contributed by atoms with Gasteiger partial charge in [0.15, 0.2) is 0 Å². The van der Waals surface area contributed by atoms with Gasteiger partial charge in [0, 0.05) is 5.02 Å². The average molecular weight is 159 g/mol. The van der Waals surface area contributed by atoms with Gasteiger partial charge in [-0.2, -0.15) is 0 Å². The molecule has 0 saturated heterocycles. The fraction of sp³-hybridized carbons (Fsp3) is 0.250. The summed E-state index contributed by atoms with van der Waals surface area (Å²) in [6.45, 7) is 1.45. The van der Waals surface area contributed by atoms with Gasteiger partial charge in [0.05, 0.1) is 0 Å². The summed E-state index contributed by atoms with van der Waals surface area (Å²) in [6, 6.07) is 5.22. The number of hydrogen-bond donors (Lipinski definition) is 0. The maximum atomic E-state index is 12.0. The molecule has 1 rings (SSSR count). The minimum Gasteiger partial charge on any atom is -0.246 e. The van der Waals surface area contributed by atoms with Crippen molar-refractivity contribution < 1.29 is 4.39 Å². The Hall–Kier alpha value is -0.560. The van der Waals surface area contributed by atoms with Crippen LogP contribution in [0.4, 0.5) is 4.39 Å². The fourth-order valence-electron chi connectivity index (χ4n) is 0.889. The van der Waals surface area contributed by atoms with Crippen molar-refractivity contribution in [2.24, 2.45) is 0 Å². The Morgan fingerprint density at radius 1 is 1.40 bits per heavy atom. The zero-order valence-corrected chi connectivity index (χ0v) is 6.45. The van der Waals surface area contributed by atoms with Crippen molar-refractivity contribution in [3.05, 3.63) is 34.3 Å². The van der Waals surface area contributed by atoms with E-state index in [-0.39, 0.29) is 0 Å². The van der Waals surface area contributed by atoms with Crippen molar-refractivity contribution in [1.82, 2.24) is 0 Å². The summed E-state index contributed by atoms with van der Waals surface area (Å²) < 4.78 is 12.0. The van der Waals surface area contributed by atoms with E-state index in [4.69, 9.17) is 11.6 Å². The quantitative estimate of drug-likeness (QED) is 0.589.